The van der Waals surface area contributed by atoms with Gasteiger partial charge in [0.15, 0.2) is 5.82 Å². The largest absolute Gasteiger partial charge is 0.372 e. The van der Waals surface area contributed by atoms with Gasteiger partial charge in [0.05, 0.1) is 10.2 Å². The zero-order valence-corrected chi connectivity index (χ0v) is 13.1. The van der Waals surface area contributed by atoms with E-state index in [0.29, 0.717) is 11.7 Å². The second-order valence-corrected chi connectivity index (χ2v) is 5.46. The third kappa shape index (κ3) is 2.92. The van der Waals surface area contributed by atoms with Gasteiger partial charge >= 0.3 is 0 Å². The van der Waals surface area contributed by atoms with Crippen LogP contribution in [-0.2, 0) is 0 Å². The number of rotatable bonds is 3. The fourth-order valence-electron chi connectivity index (χ4n) is 1.79. The van der Waals surface area contributed by atoms with Gasteiger partial charge in [0.2, 0.25) is 0 Å². The fraction of sp³-hybridized carbons (Fsp3) is 0.357. The Kier molecular flexibility index (Phi) is 4.14. The van der Waals surface area contributed by atoms with Crippen molar-refractivity contribution in [3.05, 3.63) is 34.1 Å². The van der Waals surface area contributed by atoms with Gasteiger partial charge in [-0.3, -0.25) is 0 Å². The molecule has 2 aromatic rings. The van der Waals surface area contributed by atoms with Crippen molar-refractivity contribution in [3.63, 3.8) is 0 Å². The number of nitrogens with zero attached hydrogens (tertiary/aromatic N) is 3. The normalized spacial score (nSPS) is 10.8. The molecule has 0 saturated heterocycles. The lowest BCUT2D eigenvalue weighted by atomic mass is 10.1. The Morgan fingerprint density at radius 1 is 1.16 bits per heavy atom. The highest BCUT2D eigenvalue weighted by atomic mass is 79.9. The maximum absolute atomic E-state index is 4.63. The van der Waals surface area contributed by atoms with E-state index in [-0.39, 0.29) is 0 Å². The van der Waals surface area contributed by atoms with Crippen LogP contribution in [-0.4, -0.2) is 22.0 Å². The van der Waals surface area contributed by atoms with Crippen molar-refractivity contribution in [2.75, 3.05) is 12.4 Å². The Bertz CT molecular complexity index is 596. The summed E-state index contributed by atoms with van der Waals surface area (Å²) in [4.78, 5) is 13.6. The summed E-state index contributed by atoms with van der Waals surface area (Å²) in [6.07, 6.45) is 0. The summed E-state index contributed by atoms with van der Waals surface area (Å²) in [5.41, 5.74) is 2.74. The lowest BCUT2D eigenvalue weighted by molar-refractivity contribution is 0.809. The van der Waals surface area contributed by atoms with Crippen LogP contribution in [0.25, 0.3) is 11.5 Å². The van der Waals surface area contributed by atoms with Gasteiger partial charge in [0.1, 0.15) is 11.5 Å². The van der Waals surface area contributed by atoms with Gasteiger partial charge in [-0.05, 0) is 40.9 Å². The number of halogens is 1. The van der Waals surface area contributed by atoms with Crippen LogP contribution in [0.1, 0.15) is 31.2 Å². The number of hydrogen-bond donors (Lipinski definition) is 1. The molecule has 2 rings (SSSR count). The number of aromatic nitrogens is 3. The fourth-order valence-corrected chi connectivity index (χ4v) is 2.63. The van der Waals surface area contributed by atoms with Crippen molar-refractivity contribution >= 4 is 21.7 Å². The minimum Gasteiger partial charge on any atom is -0.372 e. The monoisotopic (exact) mass is 320 g/mol. The van der Waals surface area contributed by atoms with Crippen molar-refractivity contribution < 1.29 is 0 Å². The molecule has 0 aliphatic carbocycles. The van der Waals surface area contributed by atoms with Crippen LogP contribution in [0.3, 0.4) is 0 Å². The predicted molar refractivity (Wildman–Crippen MR) is 81.3 cm³/mol. The zero-order chi connectivity index (χ0) is 14.0. The quantitative estimate of drug-likeness (QED) is 0.935. The highest BCUT2D eigenvalue weighted by Gasteiger charge is 2.15. The molecule has 1 N–H and O–H groups in total. The first-order chi connectivity index (χ1) is 9.02. The van der Waals surface area contributed by atoms with Gasteiger partial charge in [0, 0.05) is 12.7 Å². The molecule has 0 aliphatic heterocycles. The second kappa shape index (κ2) is 5.65. The summed E-state index contributed by atoms with van der Waals surface area (Å²) in [5.74, 6) is 1.75. The third-order valence-electron chi connectivity index (χ3n) is 2.78. The van der Waals surface area contributed by atoms with E-state index in [0.717, 1.165) is 27.4 Å². The van der Waals surface area contributed by atoms with Crippen LogP contribution in [0.2, 0.25) is 0 Å². The van der Waals surface area contributed by atoms with E-state index in [4.69, 9.17) is 0 Å². The number of pyridine rings is 1. The SMILES string of the molecule is CNc1nc(-c2cccc(C)n2)nc(C(C)C)c1Br. The zero-order valence-electron chi connectivity index (χ0n) is 11.5. The van der Waals surface area contributed by atoms with Crippen molar-refractivity contribution in [2.24, 2.45) is 0 Å². The van der Waals surface area contributed by atoms with Crippen LogP contribution in [0.5, 0.6) is 0 Å². The molecule has 4 nitrogen and oxygen atoms in total. The number of anilines is 1. The maximum atomic E-state index is 4.63. The van der Waals surface area contributed by atoms with E-state index in [2.05, 4.69) is 50.0 Å². The van der Waals surface area contributed by atoms with Crippen LogP contribution >= 0.6 is 15.9 Å². The lowest BCUT2D eigenvalue weighted by Crippen LogP contribution is -2.05. The standard InChI is InChI=1S/C14H17BrN4/c1-8(2)12-11(15)14(16-4)19-13(18-12)10-7-5-6-9(3)17-10/h5-8H,1-4H3,(H,16,18,19). The van der Waals surface area contributed by atoms with Crippen LogP contribution in [0, 0.1) is 6.92 Å². The molecular weight excluding hydrogens is 304 g/mol. The molecule has 100 valence electrons. The van der Waals surface area contributed by atoms with Crippen molar-refractivity contribution in [2.45, 2.75) is 26.7 Å². The average molecular weight is 321 g/mol. The third-order valence-corrected chi connectivity index (χ3v) is 3.56. The highest BCUT2D eigenvalue weighted by Crippen LogP contribution is 2.30. The molecule has 0 unspecified atom stereocenters. The van der Waals surface area contributed by atoms with Crippen LogP contribution in [0.15, 0.2) is 22.7 Å². The van der Waals surface area contributed by atoms with Crippen molar-refractivity contribution in [3.8, 4) is 11.5 Å². The molecule has 0 atom stereocenters. The lowest BCUT2D eigenvalue weighted by Gasteiger charge is -2.13. The molecule has 0 aromatic carbocycles. The van der Waals surface area contributed by atoms with Crippen LogP contribution < -0.4 is 5.32 Å². The average Bonchev–Trinajstić information content (AvgIpc) is 2.38. The topological polar surface area (TPSA) is 50.7 Å². The van der Waals surface area contributed by atoms with Gasteiger partial charge in [-0.25, -0.2) is 15.0 Å². The Labute approximate surface area is 121 Å². The molecule has 5 heteroatoms. The molecule has 2 aromatic heterocycles. The Balaban J connectivity index is 2.61. The summed E-state index contributed by atoms with van der Waals surface area (Å²) >= 11 is 3.56. The Morgan fingerprint density at radius 3 is 2.47 bits per heavy atom. The van der Waals surface area contributed by atoms with Crippen LogP contribution in [0.4, 0.5) is 5.82 Å². The molecule has 2 heterocycles. The van der Waals surface area contributed by atoms with E-state index in [9.17, 15) is 0 Å². The molecule has 0 radical (unpaired) electrons. The first-order valence-corrected chi connectivity index (χ1v) is 7.01. The van der Waals surface area contributed by atoms with Crippen molar-refractivity contribution in [1.82, 2.24) is 15.0 Å². The van der Waals surface area contributed by atoms with Gasteiger partial charge in [0.25, 0.3) is 0 Å². The first kappa shape index (κ1) is 13.9. The van der Waals surface area contributed by atoms with Gasteiger partial charge in [-0.2, -0.15) is 0 Å². The summed E-state index contributed by atoms with van der Waals surface area (Å²) in [6, 6.07) is 5.86. The van der Waals surface area contributed by atoms with E-state index >= 15 is 0 Å². The Morgan fingerprint density at radius 2 is 1.89 bits per heavy atom. The molecule has 0 spiro atoms. The molecule has 0 amide bonds. The van der Waals surface area contributed by atoms with E-state index < -0.39 is 0 Å². The van der Waals surface area contributed by atoms with Crippen molar-refractivity contribution in [1.29, 1.82) is 0 Å². The number of aryl methyl sites for hydroxylation is 1. The van der Waals surface area contributed by atoms with E-state index in [1.165, 1.54) is 0 Å². The van der Waals surface area contributed by atoms with E-state index in [1.54, 1.807) is 0 Å². The number of hydrogen-bond acceptors (Lipinski definition) is 4. The molecule has 0 saturated carbocycles. The second-order valence-electron chi connectivity index (χ2n) is 4.66. The van der Waals surface area contributed by atoms with E-state index in [1.807, 2.05) is 32.2 Å². The molecular formula is C14H17BrN4. The van der Waals surface area contributed by atoms with Gasteiger partial charge in [-0.1, -0.05) is 19.9 Å². The number of nitrogens with one attached hydrogen (secondary N) is 1. The Hall–Kier alpha value is -1.49. The summed E-state index contributed by atoms with van der Waals surface area (Å²) < 4.78 is 0.918. The summed E-state index contributed by atoms with van der Waals surface area (Å²) in [7, 11) is 1.85. The minimum atomic E-state index is 0.313. The predicted octanol–water partition coefficient (Wildman–Crippen LogP) is 3.77. The van der Waals surface area contributed by atoms with Gasteiger partial charge < -0.3 is 5.32 Å². The summed E-state index contributed by atoms with van der Waals surface area (Å²) in [5, 5.41) is 3.09. The first-order valence-electron chi connectivity index (χ1n) is 6.22. The van der Waals surface area contributed by atoms with Gasteiger partial charge in [-0.15, -0.1) is 0 Å². The molecule has 0 bridgehead atoms. The molecule has 0 fully saturated rings. The maximum Gasteiger partial charge on any atom is 0.180 e. The smallest absolute Gasteiger partial charge is 0.180 e. The molecule has 0 aliphatic rings. The molecule has 19 heavy (non-hydrogen) atoms. The minimum absolute atomic E-state index is 0.313. The summed E-state index contributed by atoms with van der Waals surface area (Å²) in [6.45, 7) is 6.19. The highest BCUT2D eigenvalue weighted by molar-refractivity contribution is 9.10.